The molecule has 34 heavy (non-hydrogen) atoms. The van der Waals surface area contributed by atoms with Gasteiger partial charge in [0, 0.05) is 32.7 Å². The van der Waals surface area contributed by atoms with E-state index in [1.54, 1.807) is 0 Å². The van der Waals surface area contributed by atoms with Crippen molar-refractivity contribution in [1.29, 1.82) is 0 Å². The molecule has 0 spiro atoms. The van der Waals surface area contributed by atoms with E-state index in [4.69, 9.17) is 4.74 Å². The predicted molar refractivity (Wildman–Crippen MR) is 132 cm³/mol. The van der Waals surface area contributed by atoms with Crippen molar-refractivity contribution in [2.75, 3.05) is 19.8 Å². The molecular weight excluding hydrogens is 424 g/mol. The first-order valence-corrected chi connectivity index (χ1v) is 12.9. The number of nitrogens with zero attached hydrogens (tertiary/aromatic N) is 2. The van der Waals surface area contributed by atoms with Crippen LogP contribution in [-0.2, 0) is 26.3 Å². The first kappa shape index (κ1) is 23.1. The number of benzene rings is 2. The zero-order chi connectivity index (χ0) is 23.5. The summed E-state index contributed by atoms with van der Waals surface area (Å²) >= 11 is 0. The van der Waals surface area contributed by atoms with Crippen LogP contribution in [0.2, 0.25) is 0 Å². The Morgan fingerprint density at radius 3 is 2.56 bits per heavy atom. The van der Waals surface area contributed by atoms with E-state index in [1.165, 1.54) is 11.1 Å². The highest BCUT2D eigenvalue weighted by molar-refractivity contribution is 5.89. The fourth-order valence-corrected chi connectivity index (χ4v) is 6.35. The van der Waals surface area contributed by atoms with Gasteiger partial charge in [0.15, 0.2) is 0 Å². The lowest BCUT2D eigenvalue weighted by Crippen LogP contribution is -2.55. The van der Waals surface area contributed by atoms with E-state index >= 15 is 0 Å². The Morgan fingerprint density at radius 2 is 1.79 bits per heavy atom. The first-order valence-electron chi connectivity index (χ1n) is 12.9. The third-order valence-electron chi connectivity index (χ3n) is 8.15. The SMILES string of the molecule is Cc1cccc(CN2C(=O)CCCC[C@H]3[C@H]2CCN3C(=O)C2(c3ccccc3)CCOCC2)c1. The third-order valence-corrected chi connectivity index (χ3v) is 8.15. The van der Waals surface area contributed by atoms with Crippen LogP contribution in [0.25, 0.3) is 0 Å². The normalized spacial score (nSPS) is 24.9. The molecule has 0 bridgehead atoms. The fourth-order valence-electron chi connectivity index (χ4n) is 6.35. The van der Waals surface area contributed by atoms with Gasteiger partial charge in [-0.15, -0.1) is 0 Å². The van der Waals surface area contributed by atoms with Crippen LogP contribution in [0.4, 0.5) is 0 Å². The minimum Gasteiger partial charge on any atom is -0.381 e. The summed E-state index contributed by atoms with van der Waals surface area (Å²) in [5.74, 6) is 0.465. The number of hydrogen-bond acceptors (Lipinski definition) is 3. The molecule has 3 heterocycles. The quantitative estimate of drug-likeness (QED) is 0.669. The standard InChI is InChI=1S/C29H36N2O3/c1-22-8-7-9-23(20-22)21-31-26-14-17-30(25(26)12-5-6-13-27(31)32)28(33)29(15-18-34-19-16-29)24-10-3-2-4-11-24/h2-4,7-11,20,25-26H,5-6,12-19,21H2,1H3/t25-,26+/m0/s1. The lowest BCUT2D eigenvalue weighted by molar-refractivity contribution is -0.145. The molecule has 0 N–H and O–H groups in total. The Hall–Kier alpha value is -2.66. The second-order valence-electron chi connectivity index (χ2n) is 10.2. The summed E-state index contributed by atoms with van der Waals surface area (Å²) in [5.41, 5.74) is 2.95. The Bertz CT molecular complexity index is 1020. The maximum Gasteiger partial charge on any atom is 0.233 e. The topological polar surface area (TPSA) is 49.9 Å². The zero-order valence-electron chi connectivity index (χ0n) is 20.2. The van der Waals surface area contributed by atoms with Crippen LogP contribution in [0.1, 0.15) is 61.6 Å². The summed E-state index contributed by atoms with van der Waals surface area (Å²) in [5, 5.41) is 0. The highest BCUT2D eigenvalue weighted by atomic mass is 16.5. The van der Waals surface area contributed by atoms with Crippen molar-refractivity contribution >= 4 is 11.8 Å². The molecule has 5 nitrogen and oxygen atoms in total. The Kier molecular flexibility index (Phi) is 6.73. The molecule has 180 valence electrons. The van der Waals surface area contributed by atoms with Gasteiger partial charge in [-0.05, 0) is 50.2 Å². The number of likely N-dealkylation sites (tertiary alicyclic amines) is 2. The number of rotatable bonds is 4. The van der Waals surface area contributed by atoms with E-state index in [2.05, 4.69) is 53.1 Å². The Balaban J connectivity index is 1.44. The molecular formula is C29H36N2O3. The van der Waals surface area contributed by atoms with E-state index in [9.17, 15) is 9.59 Å². The third kappa shape index (κ3) is 4.38. The maximum atomic E-state index is 14.3. The van der Waals surface area contributed by atoms with Gasteiger partial charge in [0.25, 0.3) is 0 Å². The van der Waals surface area contributed by atoms with Crippen molar-refractivity contribution in [3.63, 3.8) is 0 Å². The minimum atomic E-state index is -0.526. The van der Waals surface area contributed by atoms with E-state index < -0.39 is 5.41 Å². The lowest BCUT2D eigenvalue weighted by atomic mass is 9.72. The maximum absolute atomic E-state index is 14.3. The molecule has 5 heteroatoms. The van der Waals surface area contributed by atoms with E-state index in [-0.39, 0.29) is 23.9 Å². The summed E-state index contributed by atoms with van der Waals surface area (Å²) < 4.78 is 5.69. The van der Waals surface area contributed by atoms with Crippen LogP contribution in [0.15, 0.2) is 54.6 Å². The van der Waals surface area contributed by atoms with Crippen molar-refractivity contribution in [3.8, 4) is 0 Å². The van der Waals surface area contributed by atoms with Crippen LogP contribution in [0, 0.1) is 6.92 Å². The van der Waals surface area contributed by atoms with Gasteiger partial charge < -0.3 is 14.5 Å². The number of hydrogen-bond donors (Lipinski definition) is 0. The van der Waals surface area contributed by atoms with Crippen molar-refractivity contribution in [2.45, 2.75) is 75.9 Å². The molecule has 2 aromatic carbocycles. The molecule has 2 amide bonds. The van der Waals surface area contributed by atoms with E-state index in [0.29, 0.717) is 26.2 Å². The number of ether oxygens (including phenoxy) is 1. The Labute approximate surface area is 203 Å². The molecule has 3 aliphatic heterocycles. The van der Waals surface area contributed by atoms with Crippen LogP contribution in [0.3, 0.4) is 0 Å². The summed E-state index contributed by atoms with van der Waals surface area (Å²) in [6, 6.07) is 18.9. The molecule has 3 saturated heterocycles. The molecule has 2 aromatic rings. The van der Waals surface area contributed by atoms with Gasteiger partial charge in [-0.25, -0.2) is 0 Å². The molecule has 0 saturated carbocycles. The zero-order valence-corrected chi connectivity index (χ0v) is 20.2. The second-order valence-corrected chi connectivity index (χ2v) is 10.2. The molecule has 3 aliphatic rings. The molecule has 0 aromatic heterocycles. The number of carbonyl (C=O) groups is 2. The Morgan fingerprint density at radius 1 is 1.00 bits per heavy atom. The fraction of sp³-hybridized carbons (Fsp3) is 0.517. The predicted octanol–water partition coefficient (Wildman–Crippen LogP) is 4.62. The molecule has 3 fully saturated rings. The number of aryl methyl sites for hydroxylation is 1. The minimum absolute atomic E-state index is 0.0879. The summed E-state index contributed by atoms with van der Waals surface area (Å²) in [4.78, 5) is 31.8. The molecule has 0 unspecified atom stereocenters. The smallest absolute Gasteiger partial charge is 0.233 e. The van der Waals surface area contributed by atoms with Crippen LogP contribution < -0.4 is 0 Å². The summed E-state index contributed by atoms with van der Waals surface area (Å²) in [6.45, 7) is 4.66. The lowest BCUT2D eigenvalue weighted by Gasteiger charge is -2.43. The van der Waals surface area contributed by atoms with Gasteiger partial charge in [-0.1, -0.05) is 66.6 Å². The molecule has 2 atom stereocenters. The van der Waals surface area contributed by atoms with E-state index in [1.807, 2.05) is 18.2 Å². The highest BCUT2D eigenvalue weighted by Gasteiger charge is 2.50. The van der Waals surface area contributed by atoms with E-state index in [0.717, 1.165) is 50.6 Å². The van der Waals surface area contributed by atoms with Gasteiger partial charge in [0.1, 0.15) is 0 Å². The number of carbonyl (C=O) groups excluding carboxylic acids is 2. The van der Waals surface area contributed by atoms with Crippen molar-refractivity contribution in [2.24, 2.45) is 0 Å². The van der Waals surface area contributed by atoms with Gasteiger partial charge in [-0.3, -0.25) is 9.59 Å². The average molecular weight is 461 g/mol. The van der Waals surface area contributed by atoms with Gasteiger partial charge in [0.2, 0.25) is 11.8 Å². The van der Waals surface area contributed by atoms with Crippen molar-refractivity contribution in [1.82, 2.24) is 9.80 Å². The molecule has 0 radical (unpaired) electrons. The van der Waals surface area contributed by atoms with Crippen LogP contribution in [-0.4, -0.2) is 53.5 Å². The number of fused-ring (bicyclic) bond motifs is 1. The molecule has 0 aliphatic carbocycles. The van der Waals surface area contributed by atoms with Crippen molar-refractivity contribution < 1.29 is 14.3 Å². The highest BCUT2D eigenvalue weighted by Crippen LogP contribution is 2.40. The largest absolute Gasteiger partial charge is 0.381 e. The van der Waals surface area contributed by atoms with Crippen molar-refractivity contribution in [3.05, 3.63) is 71.3 Å². The average Bonchev–Trinajstić information content (AvgIpc) is 3.27. The second kappa shape index (κ2) is 9.91. The van der Waals surface area contributed by atoms with Gasteiger partial charge >= 0.3 is 0 Å². The van der Waals surface area contributed by atoms with Crippen LogP contribution in [0.5, 0.6) is 0 Å². The van der Waals surface area contributed by atoms with Gasteiger partial charge in [0.05, 0.1) is 17.5 Å². The monoisotopic (exact) mass is 460 g/mol. The van der Waals surface area contributed by atoms with Gasteiger partial charge in [-0.2, -0.15) is 0 Å². The first-order chi connectivity index (χ1) is 16.6. The number of amides is 2. The summed E-state index contributed by atoms with van der Waals surface area (Å²) in [7, 11) is 0. The summed E-state index contributed by atoms with van der Waals surface area (Å²) in [6.07, 6.45) is 5.76. The molecule has 5 rings (SSSR count). The van der Waals surface area contributed by atoms with Crippen LogP contribution >= 0.6 is 0 Å².